The molecule has 3 nitrogen and oxygen atoms in total. The maximum Gasteiger partial charge on any atom is 0.241 e. The van der Waals surface area contributed by atoms with E-state index in [2.05, 4.69) is 21.2 Å². The van der Waals surface area contributed by atoms with Crippen LogP contribution >= 0.6 is 15.9 Å². The second kappa shape index (κ2) is 6.80. The molecule has 1 atom stereocenters. The first kappa shape index (κ1) is 15.0. The van der Waals surface area contributed by atoms with E-state index in [1.54, 1.807) is 0 Å². The van der Waals surface area contributed by atoms with Gasteiger partial charge in [-0.2, -0.15) is 0 Å². The Morgan fingerprint density at radius 2 is 2.11 bits per heavy atom. The first-order valence-corrected chi connectivity index (χ1v) is 6.46. The number of carbonyl (C=O) groups is 1. The molecule has 0 saturated heterocycles. The summed E-state index contributed by atoms with van der Waals surface area (Å²) in [6.45, 7) is 1.99. The third-order valence-electron chi connectivity index (χ3n) is 2.47. The van der Waals surface area contributed by atoms with E-state index in [-0.39, 0.29) is 10.2 Å². The predicted molar refractivity (Wildman–Crippen MR) is 70.2 cm³/mol. The maximum absolute atomic E-state index is 13.4. The van der Waals surface area contributed by atoms with E-state index in [1.165, 1.54) is 6.07 Å². The zero-order valence-electron chi connectivity index (χ0n) is 9.97. The number of amides is 1. The van der Waals surface area contributed by atoms with E-state index in [0.29, 0.717) is 12.5 Å². The largest absolute Gasteiger partial charge is 0.322 e. The van der Waals surface area contributed by atoms with Crippen molar-refractivity contribution in [1.82, 2.24) is 0 Å². The van der Waals surface area contributed by atoms with Crippen LogP contribution in [0.15, 0.2) is 16.6 Å². The minimum absolute atomic E-state index is 0.0831. The Bertz CT molecular complexity index is 440. The molecule has 0 aliphatic carbocycles. The van der Waals surface area contributed by atoms with Gasteiger partial charge in [-0.1, -0.05) is 19.8 Å². The van der Waals surface area contributed by atoms with Crippen LogP contribution in [0.2, 0.25) is 0 Å². The van der Waals surface area contributed by atoms with Gasteiger partial charge < -0.3 is 11.1 Å². The van der Waals surface area contributed by atoms with Gasteiger partial charge in [0.05, 0.1) is 16.2 Å². The number of nitrogens with one attached hydrogen (secondary N) is 1. The number of carbonyl (C=O) groups excluding carboxylic acids is 1. The highest BCUT2D eigenvalue weighted by Gasteiger charge is 2.16. The summed E-state index contributed by atoms with van der Waals surface area (Å²) in [6, 6.07) is 1.19. The Hall–Kier alpha value is -1.01. The van der Waals surface area contributed by atoms with Gasteiger partial charge in [-0.15, -0.1) is 0 Å². The maximum atomic E-state index is 13.4. The zero-order valence-corrected chi connectivity index (χ0v) is 11.6. The summed E-state index contributed by atoms with van der Waals surface area (Å²) < 4.78 is 26.5. The number of anilines is 1. The summed E-state index contributed by atoms with van der Waals surface area (Å²) in [5.74, 6) is -2.02. The molecule has 0 aliphatic rings. The first-order valence-electron chi connectivity index (χ1n) is 5.66. The highest BCUT2D eigenvalue weighted by molar-refractivity contribution is 9.10. The van der Waals surface area contributed by atoms with Crippen molar-refractivity contribution in [3.8, 4) is 0 Å². The fourth-order valence-electron chi connectivity index (χ4n) is 1.40. The molecule has 0 bridgehead atoms. The van der Waals surface area contributed by atoms with Crippen LogP contribution in [-0.4, -0.2) is 11.9 Å². The molecule has 0 fully saturated rings. The molecule has 0 saturated carbocycles. The molecule has 18 heavy (non-hydrogen) atoms. The number of hydrogen-bond acceptors (Lipinski definition) is 2. The average molecular weight is 321 g/mol. The van der Waals surface area contributed by atoms with Crippen LogP contribution < -0.4 is 11.1 Å². The number of benzene rings is 1. The summed E-state index contributed by atoms with van der Waals surface area (Å²) in [4.78, 5) is 11.7. The Kier molecular flexibility index (Phi) is 5.68. The van der Waals surface area contributed by atoms with Gasteiger partial charge >= 0.3 is 0 Å². The third kappa shape index (κ3) is 4.03. The lowest BCUT2D eigenvalue weighted by Gasteiger charge is -2.12. The normalized spacial score (nSPS) is 12.3. The number of unbranched alkanes of at least 4 members (excludes halogenated alkanes) is 1. The van der Waals surface area contributed by atoms with E-state index in [0.717, 1.165) is 12.8 Å². The van der Waals surface area contributed by atoms with Gasteiger partial charge in [-0.3, -0.25) is 4.79 Å². The van der Waals surface area contributed by atoms with Crippen LogP contribution in [0.1, 0.15) is 26.2 Å². The van der Waals surface area contributed by atoms with Crippen molar-refractivity contribution in [3.63, 3.8) is 0 Å². The summed E-state index contributed by atoms with van der Waals surface area (Å²) in [5.41, 5.74) is 5.57. The molecule has 0 spiro atoms. The van der Waals surface area contributed by atoms with Gasteiger partial charge in [0.1, 0.15) is 11.6 Å². The van der Waals surface area contributed by atoms with Crippen LogP contribution in [0, 0.1) is 11.6 Å². The minimum atomic E-state index is -0.827. The quantitative estimate of drug-likeness (QED) is 0.819. The molecule has 1 amide bonds. The molecule has 0 aromatic heterocycles. The van der Waals surface area contributed by atoms with E-state index >= 15 is 0 Å². The number of rotatable bonds is 5. The highest BCUT2D eigenvalue weighted by atomic mass is 79.9. The number of halogens is 3. The summed E-state index contributed by atoms with van der Waals surface area (Å²) in [7, 11) is 0. The Morgan fingerprint density at radius 1 is 1.44 bits per heavy atom. The molecule has 0 aliphatic heterocycles. The van der Waals surface area contributed by atoms with E-state index in [1.807, 2.05) is 6.92 Å². The molecule has 100 valence electrons. The van der Waals surface area contributed by atoms with E-state index in [4.69, 9.17) is 5.73 Å². The van der Waals surface area contributed by atoms with Crippen molar-refractivity contribution in [2.75, 3.05) is 5.32 Å². The second-order valence-corrected chi connectivity index (χ2v) is 4.84. The minimum Gasteiger partial charge on any atom is -0.322 e. The fraction of sp³-hybridized carbons (Fsp3) is 0.417. The number of nitrogens with two attached hydrogens (primary N) is 1. The Labute approximate surface area is 113 Å². The molecule has 1 aromatic carbocycles. The standard InChI is InChI=1S/C12H15BrF2N2O/c1-2-3-4-10(16)12(18)17-11-5-7(13)8(14)6-9(11)15/h5-6,10H,2-4,16H2,1H3,(H,17,18). The fourth-order valence-corrected chi connectivity index (χ4v) is 1.74. The zero-order chi connectivity index (χ0) is 13.7. The van der Waals surface area contributed by atoms with Crippen molar-refractivity contribution in [3.05, 3.63) is 28.2 Å². The van der Waals surface area contributed by atoms with E-state index < -0.39 is 23.6 Å². The lowest BCUT2D eigenvalue weighted by Crippen LogP contribution is -2.35. The first-order chi connectivity index (χ1) is 8.45. The molecule has 0 radical (unpaired) electrons. The van der Waals surface area contributed by atoms with Gasteiger partial charge in [0.2, 0.25) is 5.91 Å². The molecular weight excluding hydrogens is 306 g/mol. The molecule has 1 unspecified atom stereocenters. The monoisotopic (exact) mass is 320 g/mol. The van der Waals surface area contributed by atoms with Gasteiger partial charge in [-0.05, 0) is 28.4 Å². The van der Waals surface area contributed by atoms with Crippen LogP contribution in [0.4, 0.5) is 14.5 Å². The highest BCUT2D eigenvalue weighted by Crippen LogP contribution is 2.23. The van der Waals surface area contributed by atoms with Crippen molar-refractivity contribution in [1.29, 1.82) is 0 Å². The van der Waals surface area contributed by atoms with Crippen molar-refractivity contribution < 1.29 is 13.6 Å². The van der Waals surface area contributed by atoms with Crippen LogP contribution in [-0.2, 0) is 4.79 Å². The average Bonchev–Trinajstić information content (AvgIpc) is 2.32. The SMILES string of the molecule is CCCCC(N)C(=O)Nc1cc(Br)c(F)cc1F. The van der Waals surface area contributed by atoms with Gasteiger partial charge in [0.25, 0.3) is 0 Å². The number of hydrogen-bond donors (Lipinski definition) is 2. The Balaban J connectivity index is 2.72. The lowest BCUT2D eigenvalue weighted by atomic mass is 10.1. The molecule has 1 rings (SSSR count). The third-order valence-corrected chi connectivity index (χ3v) is 3.08. The molecule has 3 N–H and O–H groups in total. The second-order valence-electron chi connectivity index (χ2n) is 3.98. The topological polar surface area (TPSA) is 55.1 Å². The lowest BCUT2D eigenvalue weighted by molar-refractivity contribution is -0.117. The summed E-state index contributed by atoms with van der Waals surface area (Å²) in [6.07, 6.45) is 2.29. The van der Waals surface area contributed by atoms with Crippen molar-refractivity contribution in [2.24, 2.45) is 5.73 Å². The van der Waals surface area contributed by atoms with Crippen LogP contribution in [0.3, 0.4) is 0 Å². The van der Waals surface area contributed by atoms with Crippen molar-refractivity contribution in [2.45, 2.75) is 32.2 Å². The molecule has 6 heteroatoms. The summed E-state index contributed by atoms with van der Waals surface area (Å²) in [5, 5.41) is 2.35. The van der Waals surface area contributed by atoms with Crippen LogP contribution in [0.5, 0.6) is 0 Å². The van der Waals surface area contributed by atoms with Crippen molar-refractivity contribution >= 4 is 27.5 Å². The van der Waals surface area contributed by atoms with Crippen LogP contribution in [0.25, 0.3) is 0 Å². The van der Waals surface area contributed by atoms with E-state index in [9.17, 15) is 13.6 Å². The molecule has 0 heterocycles. The van der Waals surface area contributed by atoms with Gasteiger partial charge in [-0.25, -0.2) is 8.78 Å². The Morgan fingerprint density at radius 3 is 2.72 bits per heavy atom. The molecular formula is C12H15BrF2N2O. The van der Waals surface area contributed by atoms with Gasteiger partial charge in [0.15, 0.2) is 0 Å². The summed E-state index contributed by atoms with van der Waals surface area (Å²) >= 11 is 2.92. The smallest absolute Gasteiger partial charge is 0.241 e. The predicted octanol–water partition coefficient (Wildman–Crippen LogP) is 3.18. The van der Waals surface area contributed by atoms with Gasteiger partial charge in [0, 0.05) is 6.07 Å². The molecule has 1 aromatic rings.